The van der Waals surface area contributed by atoms with Crippen molar-refractivity contribution in [1.29, 1.82) is 0 Å². The molecule has 1 heterocycles. The highest BCUT2D eigenvalue weighted by molar-refractivity contribution is 7.10. The van der Waals surface area contributed by atoms with Crippen molar-refractivity contribution < 1.29 is 9.63 Å². The van der Waals surface area contributed by atoms with Gasteiger partial charge in [0.05, 0.1) is 12.2 Å². The number of fused-ring (bicyclic) bond motifs is 1. The zero-order chi connectivity index (χ0) is 11.5. The van der Waals surface area contributed by atoms with Gasteiger partial charge in [0, 0.05) is 10.3 Å². The topological polar surface area (TPSA) is 38.3 Å². The summed E-state index contributed by atoms with van der Waals surface area (Å²) in [5.74, 6) is 0.642. The number of nitrogens with one attached hydrogen (secondary N) is 1. The molecule has 4 heteroatoms. The van der Waals surface area contributed by atoms with Crippen LogP contribution in [0.2, 0.25) is 0 Å². The van der Waals surface area contributed by atoms with Gasteiger partial charge in [0.2, 0.25) is 0 Å². The maximum atomic E-state index is 11.8. The van der Waals surface area contributed by atoms with Crippen molar-refractivity contribution in [3.05, 3.63) is 21.4 Å². The zero-order valence-corrected chi connectivity index (χ0v) is 10.5. The molecular formula is C12H17NO2S. The lowest BCUT2D eigenvalue weighted by atomic mass is 9.88. The van der Waals surface area contributed by atoms with Crippen LogP contribution in [0.25, 0.3) is 0 Å². The van der Waals surface area contributed by atoms with Gasteiger partial charge in [-0.1, -0.05) is 6.92 Å². The lowest BCUT2D eigenvalue weighted by Gasteiger charge is -2.18. The van der Waals surface area contributed by atoms with Crippen molar-refractivity contribution in [3.63, 3.8) is 0 Å². The van der Waals surface area contributed by atoms with Gasteiger partial charge in [-0.2, -0.15) is 0 Å². The summed E-state index contributed by atoms with van der Waals surface area (Å²) in [6.45, 7) is 4.61. The van der Waals surface area contributed by atoms with Crippen LogP contribution in [0.1, 0.15) is 41.1 Å². The zero-order valence-electron chi connectivity index (χ0n) is 9.71. The quantitative estimate of drug-likeness (QED) is 0.823. The first-order chi connectivity index (χ1) is 7.72. The van der Waals surface area contributed by atoms with Crippen LogP contribution in [0.3, 0.4) is 0 Å². The molecular weight excluding hydrogens is 222 g/mol. The van der Waals surface area contributed by atoms with Gasteiger partial charge in [-0.05, 0) is 37.7 Å². The minimum absolute atomic E-state index is 0.103. The van der Waals surface area contributed by atoms with E-state index in [1.807, 2.05) is 12.3 Å². The first-order valence-corrected chi connectivity index (χ1v) is 6.61. The normalized spacial score (nSPS) is 19.2. The van der Waals surface area contributed by atoms with Crippen LogP contribution in [0.4, 0.5) is 0 Å². The molecule has 1 unspecified atom stereocenters. The van der Waals surface area contributed by atoms with Crippen molar-refractivity contribution in [2.45, 2.75) is 33.1 Å². The molecule has 0 fully saturated rings. The average Bonchev–Trinajstić information content (AvgIpc) is 2.68. The standard InChI is InChI=1S/C12H17NO2S/c1-3-15-13-12(14)10-7-16-11-6-8(2)4-5-9(10)11/h7-8H,3-6H2,1-2H3,(H,13,14). The molecule has 0 bridgehead atoms. The molecule has 2 rings (SSSR count). The molecule has 0 spiro atoms. The van der Waals surface area contributed by atoms with Gasteiger partial charge >= 0.3 is 0 Å². The van der Waals surface area contributed by atoms with Crippen molar-refractivity contribution in [1.82, 2.24) is 5.48 Å². The van der Waals surface area contributed by atoms with E-state index in [0.717, 1.165) is 24.3 Å². The summed E-state index contributed by atoms with van der Waals surface area (Å²) in [4.78, 5) is 18.1. The second-order valence-electron chi connectivity index (χ2n) is 4.26. The molecule has 0 saturated heterocycles. The molecule has 0 saturated carbocycles. The summed E-state index contributed by atoms with van der Waals surface area (Å²) in [6.07, 6.45) is 3.31. The summed E-state index contributed by atoms with van der Waals surface area (Å²) in [6, 6.07) is 0. The summed E-state index contributed by atoms with van der Waals surface area (Å²) in [7, 11) is 0. The lowest BCUT2D eigenvalue weighted by Crippen LogP contribution is -2.25. The summed E-state index contributed by atoms with van der Waals surface area (Å²) >= 11 is 1.70. The Morgan fingerprint density at radius 2 is 2.50 bits per heavy atom. The number of carbonyl (C=O) groups is 1. The van der Waals surface area contributed by atoms with Crippen LogP contribution < -0.4 is 5.48 Å². The summed E-state index contributed by atoms with van der Waals surface area (Å²) < 4.78 is 0. The van der Waals surface area contributed by atoms with E-state index in [1.54, 1.807) is 11.3 Å². The lowest BCUT2D eigenvalue weighted by molar-refractivity contribution is 0.0364. The fraction of sp³-hybridized carbons (Fsp3) is 0.583. The number of carbonyl (C=O) groups excluding carboxylic acids is 1. The molecule has 0 aromatic carbocycles. The highest BCUT2D eigenvalue weighted by Gasteiger charge is 2.22. The Morgan fingerprint density at radius 1 is 1.69 bits per heavy atom. The highest BCUT2D eigenvalue weighted by Crippen LogP contribution is 2.32. The fourth-order valence-corrected chi connectivity index (χ4v) is 3.30. The Kier molecular flexibility index (Phi) is 3.61. The van der Waals surface area contributed by atoms with Crippen molar-refractivity contribution in [2.75, 3.05) is 6.61 Å². The van der Waals surface area contributed by atoms with Crippen LogP contribution >= 0.6 is 11.3 Å². The Labute approximate surface area is 99.8 Å². The molecule has 0 aliphatic heterocycles. The average molecular weight is 239 g/mol. The largest absolute Gasteiger partial charge is 0.275 e. The van der Waals surface area contributed by atoms with Gasteiger partial charge < -0.3 is 0 Å². The molecule has 1 aromatic heterocycles. The van der Waals surface area contributed by atoms with E-state index in [2.05, 4.69) is 12.4 Å². The number of thiophene rings is 1. The van der Waals surface area contributed by atoms with Gasteiger partial charge in [-0.3, -0.25) is 9.63 Å². The van der Waals surface area contributed by atoms with E-state index < -0.39 is 0 Å². The number of amides is 1. The maximum absolute atomic E-state index is 11.8. The molecule has 1 amide bonds. The molecule has 3 nitrogen and oxygen atoms in total. The molecule has 1 aromatic rings. The fourth-order valence-electron chi connectivity index (χ4n) is 2.06. The Hall–Kier alpha value is -0.870. The first kappa shape index (κ1) is 11.6. The van der Waals surface area contributed by atoms with E-state index in [-0.39, 0.29) is 5.91 Å². The van der Waals surface area contributed by atoms with Gasteiger partial charge in [0.15, 0.2) is 0 Å². The third-order valence-corrected chi connectivity index (χ3v) is 4.01. The highest BCUT2D eigenvalue weighted by atomic mass is 32.1. The van der Waals surface area contributed by atoms with Crippen molar-refractivity contribution in [3.8, 4) is 0 Å². The predicted octanol–water partition coefficient (Wildman–Crippen LogP) is 2.55. The van der Waals surface area contributed by atoms with E-state index >= 15 is 0 Å². The Bertz CT molecular complexity index is 386. The van der Waals surface area contributed by atoms with Gasteiger partial charge in [0.25, 0.3) is 5.91 Å². The molecule has 1 atom stereocenters. The summed E-state index contributed by atoms with van der Waals surface area (Å²) in [5, 5.41) is 1.96. The van der Waals surface area contributed by atoms with E-state index in [1.165, 1.54) is 16.9 Å². The Morgan fingerprint density at radius 3 is 3.25 bits per heavy atom. The van der Waals surface area contributed by atoms with Crippen LogP contribution in [-0.2, 0) is 17.7 Å². The Balaban J connectivity index is 2.14. The smallest absolute Gasteiger partial charge is 0.274 e. The van der Waals surface area contributed by atoms with E-state index in [4.69, 9.17) is 4.84 Å². The molecule has 16 heavy (non-hydrogen) atoms. The minimum atomic E-state index is -0.103. The predicted molar refractivity (Wildman–Crippen MR) is 64.6 cm³/mol. The van der Waals surface area contributed by atoms with E-state index in [0.29, 0.717) is 6.61 Å². The second-order valence-corrected chi connectivity index (χ2v) is 5.23. The molecule has 0 radical (unpaired) electrons. The number of rotatable bonds is 3. The van der Waals surface area contributed by atoms with Crippen LogP contribution in [0.5, 0.6) is 0 Å². The minimum Gasteiger partial charge on any atom is -0.274 e. The SMILES string of the molecule is CCONC(=O)c1csc2c1CCC(C)C2. The van der Waals surface area contributed by atoms with Crippen LogP contribution in [-0.4, -0.2) is 12.5 Å². The summed E-state index contributed by atoms with van der Waals surface area (Å²) in [5.41, 5.74) is 4.51. The van der Waals surface area contributed by atoms with Gasteiger partial charge in [-0.25, -0.2) is 5.48 Å². The third-order valence-electron chi connectivity index (χ3n) is 2.96. The van der Waals surface area contributed by atoms with Gasteiger partial charge in [0.1, 0.15) is 0 Å². The van der Waals surface area contributed by atoms with Crippen molar-refractivity contribution >= 4 is 17.2 Å². The van der Waals surface area contributed by atoms with E-state index in [9.17, 15) is 4.79 Å². The first-order valence-electron chi connectivity index (χ1n) is 5.73. The third kappa shape index (κ3) is 2.28. The molecule has 88 valence electrons. The van der Waals surface area contributed by atoms with Crippen molar-refractivity contribution in [2.24, 2.45) is 5.92 Å². The molecule has 1 aliphatic carbocycles. The second kappa shape index (κ2) is 4.97. The molecule has 1 aliphatic rings. The maximum Gasteiger partial charge on any atom is 0.275 e. The van der Waals surface area contributed by atoms with Gasteiger partial charge in [-0.15, -0.1) is 11.3 Å². The number of hydrogen-bond donors (Lipinski definition) is 1. The van der Waals surface area contributed by atoms with Crippen LogP contribution in [0.15, 0.2) is 5.38 Å². The van der Waals surface area contributed by atoms with Crippen LogP contribution in [0, 0.1) is 5.92 Å². The monoisotopic (exact) mass is 239 g/mol. The number of hydroxylamine groups is 1. The number of hydrogen-bond acceptors (Lipinski definition) is 3. The molecule has 1 N–H and O–H groups in total.